The minimum Gasteiger partial charge on any atom is -0.301 e. The average Bonchev–Trinajstić information content (AvgIpc) is 3.47. The van der Waals surface area contributed by atoms with Crippen molar-refractivity contribution in [2.24, 2.45) is 0 Å². The van der Waals surface area contributed by atoms with E-state index in [9.17, 15) is 28.8 Å². The van der Waals surface area contributed by atoms with Gasteiger partial charge in [-0.1, -0.05) is 84.9 Å². The molecule has 6 amide bonds. The summed E-state index contributed by atoms with van der Waals surface area (Å²) in [5.41, 5.74) is 2.08. The molecular weight excluding hydrogens is 604 g/mol. The van der Waals surface area contributed by atoms with E-state index in [2.05, 4.69) is 10.6 Å². The summed E-state index contributed by atoms with van der Waals surface area (Å²) >= 11 is 5.34. The summed E-state index contributed by atoms with van der Waals surface area (Å²) in [6, 6.07) is 27.7. The topological polar surface area (TPSA) is 133 Å². The summed E-state index contributed by atoms with van der Waals surface area (Å²) in [6.07, 6.45) is -0.0270. The largest absolute Gasteiger partial charge is 0.301 e. The first-order chi connectivity index (χ1) is 22.2. The number of carbonyl (C=O) groups excluding carboxylic acids is 6. The van der Waals surface area contributed by atoms with E-state index >= 15 is 0 Å². The highest BCUT2D eigenvalue weighted by Gasteiger charge is 2.44. The minimum atomic E-state index is -1.30. The first kappa shape index (κ1) is 30.2. The fourth-order valence-electron chi connectivity index (χ4n) is 5.68. The Bertz CT molecular complexity index is 1710. The van der Waals surface area contributed by atoms with Crippen LogP contribution in [0.2, 0.25) is 0 Å². The van der Waals surface area contributed by atoms with Crippen molar-refractivity contribution in [3.05, 3.63) is 143 Å². The van der Waals surface area contributed by atoms with Crippen LogP contribution in [0, 0.1) is 0 Å². The number of benzene rings is 4. The lowest BCUT2D eigenvalue weighted by Gasteiger charge is -2.27. The molecule has 2 atom stereocenters. The second-order valence-corrected chi connectivity index (χ2v) is 11.2. The Balaban J connectivity index is 1.23. The highest BCUT2D eigenvalue weighted by molar-refractivity contribution is 7.80. The molecule has 10 nitrogen and oxygen atoms in total. The van der Waals surface area contributed by atoms with Crippen molar-refractivity contribution >= 4 is 52.8 Å². The van der Waals surface area contributed by atoms with E-state index in [0.717, 1.165) is 9.80 Å². The van der Waals surface area contributed by atoms with E-state index in [-0.39, 0.29) is 35.1 Å². The van der Waals surface area contributed by atoms with Crippen molar-refractivity contribution in [3.63, 3.8) is 0 Å². The number of nitrogens with one attached hydrogen (secondary N) is 2. The predicted octanol–water partition coefficient (Wildman–Crippen LogP) is 3.32. The van der Waals surface area contributed by atoms with Crippen LogP contribution >= 0.6 is 12.2 Å². The van der Waals surface area contributed by atoms with Gasteiger partial charge in [-0.3, -0.25) is 38.6 Å². The van der Waals surface area contributed by atoms with Crippen molar-refractivity contribution in [2.75, 3.05) is 0 Å². The molecule has 0 spiro atoms. The number of rotatable bonds is 8. The van der Waals surface area contributed by atoms with Gasteiger partial charge in [-0.05, 0) is 47.6 Å². The Kier molecular flexibility index (Phi) is 8.32. The van der Waals surface area contributed by atoms with Gasteiger partial charge in [0, 0.05) is 12.8 Å². The summed E-state index contributed by atoms with van der Waals surface area (Å²) < 4.78 is 0. The molecule has 4 aromatic rings. The van der Waals surface area contributed by atoms with Crippen molar-refractivity contribution in [1.82, 2.24) is 20.4 Å². The van der Waals surface area contributed by atoms with E-state index in [0.29, 0.717) is 11.1 Å². The summed E-state index contributed by atoms with van der Waals surface area (Å²) in [5, 5.41) is 4.48. The third kappa shape index (κ3) is 5.71. The van der Waals surface area contributed by atoms with Crippen molar-refractivity contribution < 1.29 is 28.8 Å². The molecule has 2 heterocycles. The monoisotopic (exact) mass is 630 g/mol. The number of amides is 6. The van der Waals surface area contributed by atoms with E-state index < -0.39 is 52.6 Å². The lowest BCUT2D eigenvalue weighted by molar-refractivity contribution is -0.124. The summed E-state index contributed by atoms with van der Waals surface area (Å²) in [7, 11) is 0. The normalized spacial score (nSPS) is 14.9. The van der Waals surface area contributed by atoms with Gasteiger partial charge in [0.05, 0.1) is 22.3 Å². The van der Waals surface area contributed by atoms with Gasteiger partial charge in [0.25, 0.3) is 23.6 Å². The van der Waals surface area contributed by atoms with Crippen molar-refractivity contribution in [3.8, 4) is 0 Å². The molecule has 11 heteroatoms. The molecule has 0 fully saturated rings. The van der Waals surface area contributed by atoms with Crippen LogP contribution in [-0.2, 0) is 22.4 Å². The van der Waals surface area contributed by atoms with Gasteiger partial charge < -0.3 is 10.6 Å². The highest BCUT2D eigenvalue weighted by Crippen LogP contribution is 2.27. The molecule has 0 saturated carbocycles. The number of nitrogens with zero attached hydrogens (tertiary/aromatic N) is 2. The summed E-state index contributed by atoms with van der Waals surface area (Å²) in [4.78, 5) is 82.5. The molecule has 2 N–H and O–H groups in total. The minimum absolute atomic E-state index is 0.0135. The number of fused-ring (bicyclic) bond motifs is 2. The van der Waals surface area contributed by atoms with Gasteiger partial charge in [0.15, 0.2) is 5.11 Å². The van der Waals surface area contributed by atoms with E-state index in [4.69, 9.17) is 12.2 Å². The maximum absolute atomic E-state index is 13.7. The van der Waals surface area contributed by atoms with Crippen LogP contribution in [-0.4, -0.2) is 62.4 Å². The maximum atomic E-state index is 13.7. The fourth-order valence-corrected chi connectivity index (χ4v) is 5.88. The van der Waals surface area contributed by atoms with Gasteiger partial charge >= 0.3 is 0 Å². The molecule has 0 bridgehead atoms. The Labute approximate surface area is 269 Å². The molecule has 0 unspecified atom stereocenters. The molecule has 0 aromatic heterocycles. The zero-order valence-electron chi connectivity index (χ0n) is 24.2. The first-order valence-electron chi connectivity index (χ1n) is 14.4. The molecule has 0 aliphatic carbocycles. The standard InChI is InChI=1S/C35H26N4O6S/c40-29(27(19-21-11-3-1-4-12-21)38-31(42)23-15-7-8-16-24(23)32(38)43)36-35(46)37-30(41)28(20-22-13-5-2-6-14-22)39-33(44)25-17-9-10-18-26(25)34(39)45/h1-18,27-28H,19-20H2,(H2,36,37,40,41,46)/t27-,28-/m1/s1. The molecule has 0 radical (unpaired) electrons. The van der Waals surface area contributed by atoms with Crippen LogP contribution in [0.1, 0.15) is 52.6 Å². The number of carbonyl (C=O) groups is 6. The first-order valence-corrected chi connectivity index (χ1v) is 14.8. The van der Waals surface area contributed by atoms with Gasteiger partial charge in [0.2, 0.25) is 11.8 Å². The molecule has 2 aliphatic rings. The Morgan fingerprint density at radius 2 is 0.783 bits per heavy atom. The lowest BCUT2D eigenvalue weighted by atomic mass is 10.0. The van der Waals surface area contributed by atoms with E-state index in [1.165, 1.54) is 24.3 Å². The van der Waals surface area contributed by atoms with Crippen LogP contribution in [0.25, 0.3) is 0 Å². The molecule has 4 aromatic carbocycles. The number of hydrogen-bond acceptors (Lipinski definition) is 7. The number of hydrogen-bond donors (Lipinski definition) is 2. The zero-order chi connectivity index (χ0) is 32.4. The molecule has 228 valence electrons. The SMILES string of the molecule is O=C(NC(=S)NC(=O)[C@@H](Cc1ccccc1)N1C(=O)c2ccccc2C1=O)[C@@H](Cc1ccccc1)N1C(=O)c2ccccc2C1=O. The van der Waals surface area contributed by atoms with Gasteiger partial charge in [-0.2, -0.15) is 0 Å². The smallest absolute Gasteiger partial charge is 0.262 e. The third-order valence-electron chi connectivity index (χ3n) is 7.90. The van der Waals surface area contributed by atoms with Crippen LogP contribution in [0.3, 0.4) is 0 Å². The molecular formula is C35H26N4O6S. The third-order valence-corrected chi connectivity index (χ3v) is 8.10. The second kappa shape index (κ2) is 12.7. The maximum Gasteiger partial charge on any atom is 0.262 e. The van der Waals surface area contributed by atoms with E-state index in [1.54, 1.807) is 84.9 Å². The molecule has 46 heavy (non-hydrogen) atoms. The van der Waals surface area contributed by atoms with Crippen molar-refractivity contribution in [1.29, 1.82) is 0 Å². The Morgan fingerprint density at radius 1 is 0.500 bits per heavy atom. The van der Waals surface area contributed by atoms with Gasteiger partial charge in [-0.25, -0.2) is 0 Å². The number of imide groups is 2. The fraction of sp³-hybridized carbons (Fsp3) is 0.114. The summed E-state index contributed by atoms with van der Waals surface area (Å²) in [6.45, 7) is 0. The van der Waals surface area contributed by atoms with Crippen molar-refractivity contribution in [2.45, 2.75) is 24.9 Å². The van der Waals surface area contributed by atoms with Crippen LogP contribution in [0.15, 0.2) is 109 Å². The lowest BCUT2D eigenvalue weighted by Crippen LogP contribution is -2.57. The Morgan fingerprint density at radius 3 is 1.09 bits per heavy atom. The predicted molar refractivity (Wildman–Crippen MR) is 171 cm³/mol. The average molecular weight is 631 g/mol. The number of thiocarbonyl (C=S) groups is 1. The second-order valence-electron chi connectivity index (χ2n) is 10.8. The quantitative estimate of drug-likeness (QED) is 0.226. The highest BCUT2D eigenvalue weighted by atomic mass is 32.1. The van der Waals surface area contributed by atoms with Gasteiger partial charge in [0.1, 0.15) is 12.1 Å². The van der Waals surface area contributed by atoms with E-state index in [1.807, 2.05) is 0 Å². The van der Waals surface area contributed by atoms with Crippen LogP contribution < -0.4 is 10.6 Å². The molecule has 0 saturated heterocycles. The summed E-state index contributed by atoms with van der Waals surface area (Å²) in [5.74, 6) is -4.10. The zero-order valence-corrected chi connectivity index (χ0v) is 25.0. The van der Waals surface area contributed by atoms with Gasteiger partial charge in [-0.15, -0.1) is 0 Å². The Hall–Kier alpha value is -5.81. The van der Waals surface area contributed by atoms with Crippen LogP contribution in [0.4, 0.5) is 0 Å². The molecule has 6 rings (SSSR count). The van der Waals surface area contributed by atoms with Crippen LogP contribution in [0.5, 0.6) is 0 Å². The molecule has 2 aliphatic heterocycles.